The number of aliphatic hydroxyl groups excluding tert-OH is 1. The van der Waals surface area contributed by atoms with E-state index in [0.717, 1.165) is 6.42 Å². The van der Waals surface area contributed by atoms with Crippen molar-refractivity contribution in [2.45, 2.75) is 13.0 Å². The fraction of sp³-hybridized carbons (Fsp3) is 0.462. The number of anilines is 1. The molecule has 1 aromatic carbocycles. The number of hydrogen-bond donors (Lipinski definition) is 2. The maximum Gasteiger partial charge on any atom is 0.387 e. The van der Waals surface area contributed by atoms with Crippen LogP contribution in [0.25, 0.3) is 0 Å². The first kappa shape index (κ1) is 15.8. The van der Waals surface area contributed by atoms with Crippen LogP contribution in [0.4, 0.5) is 19.3 Å². The molecule has 21 heavy (non-hydrogen) atoms. The van der Waals surface area contributed by atoms with Gasteiger partial charge in [0.1, 0.15) is 5.75 Å². The summed E-state index contributed by atoms with van der Waals surface area (Å²) in [6.07, 6.45) is 0.756. The maximum absolute atomic E-state index is 12.1. The number of nitrogens with one attached hydrogen (secondary N) is 1. The highest BCUT2D eigenvalue weighted by atomic mass is 35.5. The monoisotopic (exact) mass is 320 g/mol. The van der Waals surface area contributed by atoms with Crippen LogP contribution in [0.3, 0.4) is 0 Å². The molecule has 1 aromatic rings. The van der Waals surface area contributed by atoms with Gasteiger partial charge in [0, 0.05) is 31.3 Å². The summed E-state index contributed by atoms with van der Waals surface area (Å²) in [5, 5.41) is 11.7. The Balaban J connectivity index is 1.97. The molecule has 0 bridgehead atoms. The van der Waals surface area contributed by atoms with Crippen molar-refractivity contribution in [2.24, 2.45) is 5.92 Å². The number of amides is 2. The first-order valence-electron chi connectivity index (χ1n) is 6.40. The minimum absolute atomic E-state index is 0.0113. The van der Waals surface area contributed by atoms with E-state index in [0.29, 0.717) is 18.8 Å². The lowest BCUT2D eigenvalue weighted by Crippen LogP contribution is -2.33. The van der Waals surface area contributed by atoms with Gasteiger partial charge in [-0.3, -0.25) is 0 Å². The summed E-state index contributed by atoms with van der Waals surface area (Å²) in [4.78, 5) is 13.6. The third-order valence-corrected chi connectivity index (χ3v) is 3.53. The molecule has 1 saturated heterocycles. The van der Waals surface area contributed by atoms with E-state index >= 15 is 0 Å². The highest BCUT2D eigenvalue weighted by Gasteiger charge is 2.25. The Labute approximate surface area is 125 Å². The molecule has 0 saturated carbocycles. The third kappa shape index (κ3) is 4.18. The van der Waals surface area contributed by atoms with Gasteiger partial charge in [-0.05, 0) is 24.6 Å². The normalized spacial score (nSPS) is 18.1. The van der Waals surface area contributed by atoms with Crippen molar-refractivity contribution in [3.63, 3.8) is 0 Å². The predicted octanol–water partition coefficient (Wildman–Crippen LogP) is 2.79. The molecule has 2 N–H and O–H groups in total. The van der Waals surface area contributed by atoms with Crippen LogP contribution in [0.5, 0.6) is 5.75 Å². The molecule has 1 aliphatic rings. The van der Waals surface area contributed by atoms with Crippen molar-refractivity contribution in [1.82, 2.24) is 4.90 Å². The van der Waals surface area contributed by atoms with Gasteiger partial charge in [-0.1, -0.05) is 11.6 Å². The fourth-order valence-corrected chi connectivity index (χ4v) is 2.36. The van der Waals surface area contributed by atoms with Crippen LogP contribution < -0.4 is 10.1 Å². The molecule has 0 spiro atoms. The van der Waals surface area contributed by atoms with Gasteiger partial charge in [0.2, 0.25) is 0 Å². The molecule has 2 amide bonds. The zero-order valence-electron chi connectivity index (χ0n) is 11.1. The molecular formula is C13H15ClF2N2O3. The number of likely N-dealkylation sites (tertiary alicyclic amines) is 1. The van der Waals surface area contributed by atoms with Crippen LogP contribution in [0.2, 0.25) is 5.02 Å². The molecule has 1 fully saturated rings. The Morgan fingerprint density at radius 1 is 1.57 bits per heavy atom. The quantitative estimate of drug-likeness (QED) is 0.896. The number of halogens is 3. The molecule has 0 aliphatic carbocycles. The Morgan fingerprint density at radius 2 is 2.33 bits per heavy atom. The fourth-order valence-electron chi connectivity index (χ4n) is 2.14. The molecule has 0 radical (unpaired) electrons. The van der Waals surface area contributed by atoms with E-state index < -0.39 is 6.61 Å². The van der Waals surface area contributed by atoms with Crippen LogP contribution >= 0.6 is 11.6 Å². The first-order chi connectivity index (χ1) is 9.99. The lowest BCUT2D eigenvalue weighted by molar-refractivity contribution is -0.0497. The largest absolute Gasteiger partial charge is 0.433 e. The molecule has 116 valence electrons. The lowest BCUT2D eigenvalue weighted by Gasteiger charge is -2.17. The van der Waals surface area contributed by atoms with Gasteiger partial charge in [0.25, 0.3) is 0 Å². The minimum Gasteiger partial charge on any atom is -0.433 e. The number of nitrogens with zero attached hydrogens (tertiary/aromatic N) is 1. The third-order valence-electron chi connectivity index (χ3n) is 3.23. The summed E-state index contributed by atoms with van der Waals surface area (Å²) >= 11 is 5.81. The van der Waals surface area contributed by atoms with Gasteiger partial charge in [-0.2, -0.15) is 8.78 Å². The molecule has 0 aromatic heterocycles. The zero-order chi connectivity index (χ0) is 15.4. The SMILES string of the molecule is O=C(Nc1ccc(OC(F)F)c(Cl)c1)N1CCC(CO)C1. The van der Waals surface area contributed by atoms with Gasteiger partial charge in [-0.15, -0.1) is 0 Å². The van der Waals surface area contributed by atoms with E-state index in [1.807, 2.05) is 0 Å². The van der Waals surface area contributed by atoms with Gasteiger partial charge < -0.3 is 20.1 Å². The number of rotatable bonds is 4. The van der Waals surface area contributed by atoms with E-state index in [4.69, 9.17) is 16.7 Å². The number of benzene rings is 1. The van der Waals surface area contributed by atoms with Crippen molar-refractivity contribution < 1.29 is 23.4 Å². The average molecular weight is 321 g/mol. The molecule has 1 aliphatic heterocycles. The number of carbonyl (C=O) groups is 1. The standard InChI is InChI=1S/C13H15ClF2N2O3/c14-10-5-9(1-2-11(10)21-12(15)16)17-13(20)18-4-3-8(6-18)7-19/h1-2,5,8,12,19H,3-4,6-7H2,(H,17,20). The molecule has 2 rings (SSSR count). The molecule has 5 nitrogen and oxygen atoms in total. The summed E-state index contributed by atoms with van der Waals surface area (Å²) in [5.74, 6) is -0.0488. The van der Waals surface area contributed by atoms with E-state index in [1.54, 1.807) is 4.90 Å². The van der Waals surface area contributed by atoms with Gasteiger partial charge in [0.05, 0.1) is 5.02 Å². The van der Waals surface area contributed by atoms with Crippen LogP contribution in [-0.4, -0.2) is 42.3 Å². The van der Waals surface area contributed by atoms with E-state index in [2.05, 4.69) is 10.1 Å². The topological polar surface area (TPSA) is 61.8 Å². The van der Waals surface area contributed by atoms with Gasteiger partial charge >= 0.3 is 12.6 Å². The average Bonchev–Trinajstić information content (AvgIpc) is 2.90. The predicted molar refractivity (Wildman–Crippen MR) is 73.9 cm³/mol. The minimum atomic E-state index is -2.96. The Hall–Kier alpha value is -1.60. The summed E-state index contributed by atoms with van der Waals surface area (Å²) in [5.41, 5.74) is 0.388. The number of urea groups is 1. The Bertz CT molecular complexity index is 516. The smallest absolute Gasteiger partial charge is 0.387 e. The number of ether oxygens (including phenoxy) is 1. The van der Waals surface area contributed by atoms with E-state index in [1.165, 1.54) is 18.2 Å². The molecule has 1 heterocycles. The highest BCUT2D eigenvalue weighted by Crippen LogP contribution is 2.29. The number of alkyl halides is 2. The van der Waals surface area contributed by atoms with Crippen molar-refractivity contribution in [3.05, 3.63) is 23.2 Å². The molecule has 8 heteroatoms. The summed E-state index contributed by atoms with van der Waals surface area (Å²) in [6.45, 7) is -1.85. The highest BCUT2D eigenvalue weighted by molar-refractivity contribution is 6.32. The lowest BCUT2D eigenvalue weighted by atomic mass is 10.1. The summed E-state index contributed by atoms with van der Waals surface area (Å²) < 4.78 is 28.4. The van der Waals surface area contributed by atoms with E-state index in [9.17, 15) is 13.6 Å². The van der Waals surface area contributed by atoms with Crippen LogP contribution in [0, 0.1) is 5.92 Å². The van der Waals surface area contributed by atoms with Crippen LogP contribution in [0.15, 0.2) is 18.2 Å². The number of aliphatic hydroxyl groups is 1. The number of hydrogen-bond acceptors (Lipinski definition) is 3. The van der Waals surface area contributed by atoms with Gasteiger partial charge in [0.15, 0.2) is 0 Å². The van der Waals surface area contributed by atoms with Crippen molar-refractivity contribution in [3.8, 4) is 5.75 Å². The van der Waals surface area contributed by atoms with Crippen LogP contribution in [-0.2, 0) is 0 Å². The van der Waals surface area contributed by atoms with Crippen molar-refractivity contribution in [1.29, 1.82) is 0 Å². The molecule has 1 atom stereocenters. The van der Waals surface area contributed by atoms with Crippen molar-refractivity contribution >= 4 is 23.3 Å². The first-order valence-corrected chi connectivity index (χ1v) is 6.78. The Kier molecular flexibility index (Phi) is 5.19. The Morgan fingerprint density at radius 3 is 2.90 bits per heavy atom. The second kappa shape index (κ2) is 6.91. The van der Waals surface area contributed by atoms with Crippen LogP contribution in [0.1, 0.15) is 6.42 Å². The second-order valence-corrected chi connectivity index (χ2v) is 5.14. The van der Waals surface area contributed by atoms with E-state index in [-0.39, 0.29) is 29.3 Å². The van der Waals surface area contributed by atoms with Gasteiger partial charge in [-0.25, -0.2) is 4.79 Å². The number of carbonyl (C=O) groups excluding carboxylic acids is 1. The summed E-state index contributed by atoms with van der Waals surface area (Å²) in [6, 6.07) is 3.73. The summed E-state index contributed by atoms with van der Waals surface area (Å²) in [7, 11) is 0. The second-order valence-electron chi connectivity index (χ2n) is 4.74. The molecule has 1 unspecified atom stereocenters. The maximum atomic E-state index is 12.1. The van der Waals surface area contributed by atoms with Crippen molar-refractivity contribution in [2.75, 3.05) is 25.0 Å². The molecular weight excluding hydrogens is 306 g/mol. The zero-order valence-corrected chi connectivity index (χ0v) is 11.8.